The molecule has 0 saturated heterocycles. The molecule has 3 rings (SSSR count). The molecule has 0 amide bonds. The predicted octanol–water partition coefficient (Wildman–Crippen LogP) is 2.55. The van der Waals surface area contributed by atoms with E-state index in [2.05, 4.69) is 6.92 Å². The van der Waals surface area contributed by atoms with Gasteiger partial charge in [0.1, 0.15) is 5.78 Å². The van der Waals surface area contributed by atoms with Crippen molar-refractivity contribution < 1.29 is 4.79 Å². The fourth-order valence-corrected chi connectivity index (χ4v) is 4.30. The molecule has 0 bridgehead atoms. The van der Waals surface area contributed by atoms with Crippen molar-refractivity contribution in [1.82, 2.24) is 0 Å². The van der Waals surface area contributed by atoms with Crippen LogP contribution in [0.4, 0.5) is 0 Å². The zero-order valence-electron chi connectivity index (χ0n) is 7.73. The lowest BCUT2D eigenvalue weighted by Gasteiger charge is -2.26. The van der Waals surface area contributed by atoms with Gasteiger partial charge in [-0.2, -0.15) is 0 Å². The normalized spacial score (nSPS) is 56.4. The predicted molar refractivity (Wildman–Crippen MR) is 46.7 cm³/mol. The third-order valence-corrected chi connectivity index (χ3v) is 5.04. The van der Waals surface area contributed by atoms with Gasteiger partial charge < -0.3 is 0 Å². The van der Waals surface area contributed by atoms with Gasteiger partial charge in [-0.3, -0.25) is 4.79 Å². The Balaban J connectivity index is 1.97. The SMILES string of the molecule is C[C@@]12CCC(=O)C[C@@]13CCC[C@H]32. The molecule has 0 aromatic rings. The summed E-state index contributed by atoms with van der Waals surface area (Å²) in [5, 5.41) is 0. The van der Waals surface area contributed by atoms with Gasteiger partial charge in [0.2, 0.25) is 0 Å². The van der Waals surface area contributed by atoms with Crippen LogP contribution in [0.5, 0.6) is 0 Å². The van der Waals surface area contributed by atoms with E-state index in [0.717, 1.165) is 18.8 Å². The topological polar surface area (TPSA) is 17.1 Å². The molecule has 3 aliphatic rings. The van der Waals surface area contributed by atoms with Crippen LogP contribution < -0.4 is 0 Å². The van der Waals surface area contributed by atoms with Gasteiger partial charge in [-0.25, -0.2) is 0 Å². The van der Waals surface area contributed by atoms with Gasteiger partial charge in [-0.05, 0) is 36.0 Å². The molecular weight excluding hydrogens is 148 g/mol. The fourth-order valence-electron chi connectivity index (χ4n) is 4.30. The first-order valence-electron chi connectivity index (χ1n) is 5.21. The minimum Gasteiger partial charge on any atom is -0.300 e. The van der Waals surface area contributed by atoms with Gasteiger partial charge in [0, 0.05) is 12.8 Å². The van der Waals surface area contributed by atoms with Crippen LogP contribution in [-0.4, -0.2) is 5.78 Å². The minimum absolute atomic E-state index is 0.516. The van der Waals surface area contributed by atoms with E-state index in [0.29, 0.717) is 16.6 Å². The van der Waals surface area contributed by atoms with Crippen LogP contribution in [0.1, 0.15) is 45.4 Å². The van der Waals surface area contributed by atoms with Crippen molar-refractivity contribution in [2.24, 2.45) is 16.7 Å². The molecular formula is C11H16O. The van der Waals surface area contributed by atoms with E-state index in [1.807, 2.05) is 0 Å². The van der Waals surface area contributed by atoms with E-state index < -0.39 is 0 Å². The van der Waals surface area contributed by atoms with E-state index >= 15 is 0 Å². The molecule has 3 aliphatic carbocycles. The molecule has 0 aromatic heterocycles. The second-order valence-electron chi connectivity index (χ2n) is 5.23. The lowest BCUT2D eigenvalue weighted by atomic mass is 9.77. The average molecular weight is 164 g/mol. The minimum atomic E-state index is 0.516. The van der Waals surface area contributed by atoms with Crippen molar-refractivity contribution in [3.05, 3.63) is 0 Å². The number of fused-ring (bicyclic) bond motifs is 1. The number of rotatable bonds is 0. The molecule has 66 valence electrons. The number of Topliss-reactive ketones (excluding diaryl/α,β-unsaturated/α-hetero) is 1. The Bertz CT molecular complexity index is 258. The molecule has 1 spiro atoms. The molecule has 1 nitrogen and oxygen atoms in total. The lowest BCUT2D eigenvalue weighted by Crippen LogP contribution is -2.22. The maximum Gasteiger partial charge on any atom is 0.133 e. The lowest BCUT2D eigenvalue weighted by molar-refractivity contribution is -0.122. The highest BCUT2D eigenvalue weighted by Crippen LogP contribution is 2.81. The fraction of sp³-hybridized carbons (Fsp3) is 0.909. The first-order chi connectivity index (χ1) is 5.69. The summed E-state index contributed by atoms with van der Waals surface area (Å²) in [4.78, 5) is 11.4. The van der Waals surface area contributed by atoms with Crippen LogP contribution >= 0.6 is 0 Å². The molecule has 0 aromatic carbocycles. The second kappa shape index (κ2) is 1.78. The first-order valence-corrected chi connectivity index (χ1v) is 5.21. The molecule has 3 fully saturated rings. The summed E-state index contributed by atoms with van der Waals surface area (Å²) in [6.07, 6.45) is 7.12. The monoisotopic (exact) mass is 164 g/mol. The highest BCUT2D eigenvalue weighted by atomic mass is 16.1. The van der Waals surface area contributed by atoms with Crippen LogP contribution in [0.2, 0.25) is 0 Å². The Morgan fingerprint density at radius 1 is 1.42 bits per heavy atom. The van der Waals surface area contributed by atoms with E-state index in [9.17, 15) is 4.79 Å². The van der Waals surface area contributed by atoms with Gasteiger partial charge in [0.15, 0.2) is 0 Å². The average Bonchev–Trinajstić information content (AvgIpc) is 2.44. The zero-order chi connectivity index (χ0) is 8.40. The number of hydrogen-bond acceptors (Lipinski definition) is 1. The largest absolute Gasteiger partial charge is 0.300 e. The van der Waals surface area contributed by atoms with Gasteiger partial charge in [0.25, 0.3) is 0 Å². The number of ketones is 1. The summed E-state index contributed by atoms with van der Waals surface area (Å²) in [5.74, 6) is 1.47. The summed E-state index contributed by atoms with van der Waals surface area (Å²) in [6, 6.07) is 0. The first kappa shape index (κ1) is 7.11. The quantitative estimate of drug-likeness (QED) is 0.537. The third-order valence-electron chi connectivity index (χ3n) is 5.04. The van der Waals surface area contributed by atoms with Crippen molar-refractivity contribution in [3.63, 3.8) is 0 Å². The standard InChI is InChI=1S/C11H16O/c1-10-6-4-8(12)7-11(10)5-2-3-9(10)11/h9H,2-7H2,1H3/t9-,10-,11+/m0/s1. The number of carbonyl (C=O) groups is 1. The molecule has 0 radical (unpaired) electrons. The summed E-state index contributed by atoms with van der Waals surface area (Å²) in [6.45, 7) is 2.42. The van der Waals surface area contributed by atoms with Gasteiger partial charge in [-0.15, -0.1) is 0 Å². The molecule has 3 saturated carbocycles. The molecule has 0 N–H and O–H groups in total. The highest BCUT2D eigenvalue weighted by Gasteiger charge is 2.75. The Hall–Kier alpha value is -0.330. The van der Waals surface area contributed by atoms with Crippen molar-refractivity contribution in [2.75, 3.05) is 0 Å². The summed E-state index contributed by atoms with van der Waals surface area (Å²) < 4.78 is 0. The Morgan fingerprint density at radius 2 is 2.25 bits per heavy atom. The maximum absolute atomic E-state index is 11.4. The molecule has 1 heteroatoms. The van der Waals surface area contributed by atoms with Crippen molar-refractivity contribution in [3.8, 4) is 0 Å². The van der Waals surface area contributed by atoms with Crippen LogP contribution in [0.15, 0.2) is 0 Å². The van der Waals surface area contributed by atoms with Crippen molar-refractivity contribution >= 4 is 5.78 Å². The molecule has 0 aliphatic heterocycles. The second-order valence-corrected chi connectivity index (χ2v) is 5.23. The number of hydrogen-bond donors (Lipinski definition) is 0. The van der Waals surface area contributed by atoms with E-state index in [-0.39, 0.29) is 0 Å². The highest BCUT2D eigenvalue weighted by molar-refractivity contribution is 5.81. The van der Waals surface area contributed by atoms with E-state index in [4.69, 9.17) is 0 Å². The van der Waals surface area contributed by atoms with E-state index in [1.165, 1.54) is 25.7 Å². The molecule has 12 heavy (non-hydrogen) atoms. The summed E-state index contributed by atoms with van der Waals surface area (Å²) in [7, 11) is 0. The third kappa shape index (κ3) is 0.541. The summed E-state index contributed by atoms with van der Waals surface area (Å²) in [5.41, 5.74) is 1.11. The van der Waals surface area contributed by atoms with Gasteiger partial charge >= 0.3 is 0 Å². The van der Waals surface area contributed by atoms with E-state index in [1.54, 1.807) is 0 Å². The molecule has 0 heterocycles. The van der Waals surface area contributed by atoms with Crippen LogP contribution in [0.25, 0.3) is 0 Å². The van der Waals surface area contributed by atoms with Crippen LogP contribution in [-0.2, 0) is 4.79 Å². The van der Waals surface area contributed by atoms with Gasteiger partial charge in [0.05, 0.1) is 0 Å². The smallest absolute Gasteiger partial charge is 0.133 e. The molecule has 0 unspecified atom stereocenters. The maximum atomic E-state index is 11.4. The Kier molecular flexibility index (Phi) is 1.06. The van der Waals surface area contributed by atoms with Crippen molar-refractivity contribution in [2.45, 2.75) is 45.4 Å². The zero-order valence-corrected chi connectivity index (χ0v) is 7.73. The Morgan fingerprint density at radius 3 is 3.08 bits per heavy atom. The van der Waals surface area contributed by atoms with Gasteiger partial charge in [-0.1, -0.05) is 13.3 Å². The number of carbonyl (C=O) groups excluding carboxylic acids is 1. The van der Waals surface area contributed by atoms with Crippen LogP contribution in [0.3, 0.4) is 0 Å². The summed E-state index contributed by atoms with van der Waals surface area (Å²) >= 11 is 0. The van der Waals surface area contributed by atoms with Crippen molar-refractivity contribution in [1.29, 1.82) is 0 Å². The Labute approximate surface area is 73.5 Å². The molecule has 3 atom stereocenters. The van der Waals surface area contributed by atoms with Crippen LogP contribution in [0, 0.1) is 16.7 Å².